The molecule has 2 aromatic rings. The molecule has 0 amide bonds. The van der Waals surface area contributed by atoms with Crippen LogP contribution in [0, 0.1) is 0 Å². The van der Waals surface area contributed by atoms with Crippen LogP contribution in [0.5, 0.6) is 0 Å². The Labute approximate surface area is 99.7 Å². The first kappa shape index (κ1) is 10.8. The van der Waals surface area contributed by atoms with E-state index >= 15 is 0 Å². The fourth-order valence-corrected chi connectivity index (χ4v) is 2.52. The Balaban J connectivity index is 2.40. The Bertz CT molecular complexity index is 440. The zero-order chi connectivity index (χ0) is 10.8. The quantitative estimate of drug-likeness (QED) is 0.942. The Morgan fingerprint density at radius 3 is 3.07 bits per heavy atom. The number of thiazole rings is 1. The van der Waals surface area contributed by atoms with Crippen molar-refractivity contribution in [2.75, 3.05) is 0 Å². The van der Waals surface area contributed by atoms with Crippen LogP contribution in [0.3, 0.4) is 0 Å². The lowest BCUT2D eigenvalue weighted by Gasteiger charge is -2.10. The first-order valence-electron chi connectivity index (χ1n) is 4.52. The van der Waals surface area contributed by atoms with Crippen molar-refractivity contribution in [3.8, 4) is 0 Å². The minimum atomic E-state index is -0.707. The van der Waals surface area contributed by atoms with Crippen molar-refractivity contribution >= 4 is 27.3 Å². The normalized spacial score (nSPS) is 13.0. The predicted molar refractivity (Wildman–Crippen MR) is 61.8 cm³/mol. The Kier molecular flexibility index (Phi) is 3.18. The maximum Gasteiger partial charge on any atom is 0.148 e. The summed E-state index contributed by atoms with van der Waals surface area (Å²) in [5.74, 6) is 0. The predicted octanol–water partition coefficient (Wildman–Crippen LogP) is 2.20. The number of aromatic nitrogens is 3. The zero-order valence-electron chi connectivity index (χ0n) is 8.09. The van der Waals surface area contributed by atoms with Crippen LogP contribution in [-0.2, 0) is 6.54 Å². The van der Waals surface area contributed by atoms with Crippen molar-refractivity contribution in [2.24, 2.45) is 0 Å². The molecule has 0 aliphatic carbocycles. The summed E-state index contributed by atoms with van der Waals surface area (Å²) in [5.41, 5.74) is 0.757. The molecule has 0 fully saturated rings. The molecule has 1 atom stereocenters. The standard InChI is InChI=1S/C9H10BrN3OS/c1-2-13-7(6(10)5-12-13)8(14)9-11-3-4-15-9/h3-5,8,14H,2H2,1H3. The fraction of sp³-hybridized carbons (Fsp3) is 0.333. The largest absolute Gasteiger partial charge is 0.379 e. The van der Waals surface area contributed by atoms with Gasteiger partial charge in [0.25, 0.3) is 0 Å². The number of aliphatic hydroxyl groups is 1. The highest BCUT2D eigenvalue weighted by molar-refractivity contribution is 9.10. The van der Waals surface area contributed by atoms with E-state index in [9.17, 15) is 5.11 Å². The molecule has 4 nitrogen and oxygen atoms in total. The smallest absolute Gasteiger partial charge is 0.148 e. The third-order valence-electron chi connectivity index (χ3n) is 2.08. The molecule has 0 aromatic carbocycles. The monoisotopic (exact) mass is 287 g/mol. The lowest BCUT2D eigenvalue weighted by atomic mass is 10.2. The highest BCUT2D eigenvalue weighted by Crippen LogP contribution is 2.29. The van der Waals surface area contributed by atoms with Crippen molar-refractivity contribution in [1.29, 1.82) is 0 Å². The van der Waals surface area contributed by atoms with Gasteiger partial charge in [0, 0.05) is 18.1 Å². The van der Waals surface area contributed by atoms with Crippen molar-refractivity contribution in [3.05, 3.63) is 32.9 Å². The van der Waals surface area contributed by atoms with Crippen molar-refractivity contribution in [2.45, 2.75) is 19.6 Å². The Morgan fingerprint density at radius 2 is 2.47 bits per heavy atom. The topological polar surface area (TPSA) is 50.9 Å². The summed E-state index contributed by atoms with van der Waals surface area (Å²) < 4.78 is 2.57. The average Bonchev–Trinajstić information content (AvgIpc) is 2.85. The molecule has 0 spiro atoms. The van der Waals surface area contributed by atoms with Gasteiger partial charge in [0.05, 0.1) is 16.4 Å². The summed E-state index contributed by atoms with van der Waals surface area (Å²) in [6.45, 7) is 2.71. The van der Waals surface area contributed by atoms with Gasteiger partial charge in [-0.2, -0.15) is 5.10 Å². The number of nitrogens with zero attached hydrogens (tertiary/aromatic N) is 3. The van der Waals surface area contributed by atoms with E-state index in [-0.39, 0.29) is 0 Å². The lowest BCUT2D eigenvalue weighted by Crippen LogP contribution is -2.09. The molecule has 2 rings (SSSR count). The van der Waals surface area contributed by atoms with Gasteiger partial charge in [-0.25, -0.2) is 4.98 Å². The summed E-state index contributed by atoms with van der Waals surface area (Å²) >= 11 is 4.81. The van der Waals surface area contributed by atoms with Crippen molar-refractivity contribution in [3.63, 3.8) is 0 Å². The molecular formula is C9H10BrN3OS. The number of halogens is 1. The van der Waals surface area contributed by atoms with Gasteiger partial charge in [0.15, 0.2) is 0 Å². The van der Waals surface area contributed by atoms with E-state index in [0.717, 1.165) is 16.7 Å². The van der Waals surface area contributed by atoms with E-state index < -0.39 is 6.10 Å². The molecule has 0 saturated carbocycles. The van der Waals surface area contributed by atoms with Gasteiger partial charge in [-0.3, -0.25) is 4.68 Å². The van der Waals surface area contributed by atoms with E-state index in [1.807, 2.05) is 12.3 Å². The SMILES string of the molecule is CCn1ncc(Br)c1C(O)c1nccs1. The van der Waals surface area contributed by atoms with Gasteiger partial charge < -0.3 is 5.11 Å². The van der Waals surface area contributed by atoms with Crippen LogP contribution in [0.25, 0.3) is 0 Å². The molecule has 6 heteroatoms. The summed E-state index contributed by atoms with van der Waals surface area (Å²) in [6.07, 6.45) is 2.67. The van der Waals surface area contributed by atoms with Gasteiger partial charge in [-0.05, 0) is 22.9 Å². The van der Waals surface area contributed by atoms with E-state index in [0.29, 0.717) is 5.01 Å². The van der Waals surface area contributed by atoms with Gasteiger partial charge >= 0.3 is 0 Å². The summed E-state index contributed by atoms with van der Waals surface area (Å²) in [7, 11) is 0. The number of aliphatic hydroxyl groups excluding tert-OH is 1. The third-order valence-corrected chi connectivity index (χ3v) is 3.52. The molecule has 0 aliphatic heterocycles. The molecule has 15 heavy (non-hydrogen) atoms. The second-order valence-corrected chi connectivity index (χ2v) is 4.75. The molecule has 80 valence electrons. The average molecular weight is 288 g/mol. The molecule has 0 radical (unpaired) electrons. The van der Waals surface area contributed by atoms with Crippen LogP contribution < -0.4 is 0 Å². The first-order valence-corrected chi connectivity index (χ1v) is 6.20. The Hall–Kier alpha value is -0.720. The second-order valence-electron chi connectivity index (χ2n) is 2.97. The maximum atomic E-state index is 10.1. The van der Waals surface area contributed by atoms with Crippen molar-refractivity contribution in [1.82, 2.24) is 14.8 Å². The van der Waals surface area contributed by atoms with Crippen LogP contribution in [0.4, 0.5) is 0 Å². The van der Waals surface area contributed by atoms with Gasteiger partial charge in [-0.1, -0.05) is 0 Å². The number of rotatable bonds is 3. The van der Waals surface area contributed by atoms with E-state index in [1.165, 1.54) is 11.3 Å². The highest BCUT2D eigenvalue weighted by Gasteiger charge is 2.20. The number of hydrogen-bond acceptors (Lipinski definition) is 4. The number of hydrogen-bond donors (Lipinski definition) is 1. The number of aryl methyl sites for hydroxylation is 1. The van der Waals surface area contributed by atoms with E-state index in [4.69, 9.17) is 0 Å². The summed E-state index contributed by atoms with van der Waals surface area (Å²) in [5, 5.41) is 16.8. The lowest BCUT2D eigenvalue weighted by molar-refractivity contribution is 0.206. The first-order chi connectivity index (χ1) is 7.24. The van der Waals surface area contributed by atoms with Gasteiger partial charge in [0.2, 0.25) is 0 Å². The molecular weight excluding hydrogens is 278 g/mol. The molecule has 1 N–H and O–H groups in total. The molecule has 1 unspecified atom stereocenters. The molecule has 2 aromatic heterocycles. The maximum absolute atomic E-state index is 10.1. The highest BCUT2D eigenvalue weighted by atomic mass is 79.9. The summed E-state index contributed by atoms with van der Waals surface area (Å²) in [6, 6.07) is 0. The Morgan fingerprint density at radius 1 is 1.67 bits per heavy atom. The summed E-state index contributed by atoms with van der Waals surface area (Å²) in [4.78, 5) is 4.10. The van der Waals surface area contributed by atoms with Crippen LogP contribution in [0.15, 0.2) is 22.2 Å². The molecule has 2 heterocycles. The third kappa shape index (κ3) is 1.97. The minimum absolute atomic E-state index is 0.686. The minimum Gasteiger partial charge on any atom is -0.379 e. The van der Waals surface area contributed by atoms with Crippen LogP contribution in [0.1, 0.15) is 23.7 Å². The van der Waals surface area contributed by atoms with E-state index in [1.54, 1.807) is 17.1 Å². The van der Waals surface area contributed by atoms with Gasteiger partial charge in [0.1, 0.15) is 11.1 Å². The van der Waals surface area contributed by atoms with Gasteiger partial charge in [-0.15, -0.1) is 11.3 Å². The van der Waals surface area contributed by atoms with E-state index in [2.05, 4.69) is 26.0 Å². The van der Waals surface area contributed by atoms with Crippen LogP contribution in [-0.4, -0.2) is 19.9 Å². The molecule has 0 bridgehead atoms. The zero-order valence-corrected chi connectivity index (χ0v) is 10.5. The fourth-order valence-electron chi connectivity index (χ4n) is 1.38. The molecule has 0 aliphatic rings. The van der Waals surface area contributed by atoms with Crippen LogP contribution in [0.2, 0.25) is 0 Å². The molecule has 0 saturated heterocycles. The second kappa shape index (κ2) is 4.42. The van der Waals surface area contributed by atoms with Crippen LogP contribution >= 0.6 is 27.3 Å². The van der Waals surface area contributed by atoms with Crippen molar-refractivity contribution < 1.29 is 5.11 Å².